The average Bonchev–Trinajstić information content (AvgIpc) is 3.68. The van der Waals surface area contributed by atoms with Crippen LogP contribution in [0.1, 0.15) is 91.3 Å². The van der Waals surface area contributed by atoms with Gasteiger partial charge in [0.05, 0.1) is 28.2 Å². The average molecular weight is 724 g/mol. The Kier molecular flexibility index (Phi) is 14.4. The van der Waals surface area contributed by atoms with E-state index in [4.69, 9.17) is 51.7 Å². The van der Waals surface area contributed by atoms with Crippen LogP contribution in [0, 0.1) is 33.6 Å². The number of carboxylic acids is 8. The van der Waals surface area contributed by atoms with Crippen molar-refractivity contribution in [3.63, 3.8) is 0 Å². The first-order valence-corrected chi connectivity index (χ1v) is 13.9. The van der Waals surface area contributed by atoms with Crippen molar-refractivity contribution in [3.05, 3.63) is 62.2 Å². The highest BCUT2D eigenvalue weighted by Crippen LogP contribution is 2.21. The number of carboxylic acid groups (broad SMARTS) is 8. The molecule has 0 bridgehead atoms. The van der Waals surface area contributed by atoms with Crippen LogP contribution in [-0.2, 0) is 9.59 Å². The number of carbonyl (C=O) groups is 8. The lowest BCUT2D eigenvalue weighted by Crippen LogP contribution is -2.29. The molecule has 22 heteroatoms. The molecule has 4 rings (SSSR count). The van der Waals surface area contributed by atoms with Crippen LogP contribution in [-0.4, -0.2) is 121 Å². The van der Waals surface area contributed by atoms with Crippen LogP contribution >= 0.6 is 0 Å². The zero-order chi connectivity index (χ0) is 39.7. The van der Waals surface area contributed by atoms with Crippen molar-refractivity contribution in [2.45, 2.75) is 40.2 Å². The summed E-state index contributed by atoms with van der Waals surface area (Å²) in [5, 5.41) is 80.5. The molecule has 0 spiro atoms. The number of aliphatic carboxylic acids is 2. The van der Waals surface area contributed by atoms with E-state index in [1.165, 1.54) is 27.7 Å². The van der Waals surface area contributed by atoms with Crippen molar-refractivity contribution in [2.24, 2.45) is 5.92 Å². The first-order chi connectivity index (χ1) is 23.4. The first-order valence-electron chi connectivity index (χ1n) is 13.9. The van der Waals surface area contributed by atoms with Gasteiger partial charge in [-0.1, -0.05) is 0 Å². The lowest BCUT2D eigenvalue weighted by molar-refractivity contribution is -0.141. The Balaban J connectivity index is 0.000000341. The largest absolute Gasteiger partial charge is 0.493 e. The van der Waals surface area contributed by atoms with Gasteiger partial charge in [0.1, 0.15) is 23.0 Å². The van der Waals surface area contributed by atoms with E-state index in [0.29, 0.717) is 22.8 Å². The fourth-order valence-corrected chi connectivity index (χ4v) is 4.59. The van der Waals surface area contributed by atoms with Crippen molar-refractivity contribution in [2.75, 3.05) is 12.3 Å². The minimum atomic E-state index is -1.47. The van der Waals surface area contributed by atoms with E-state index in [2.05, 4.69) is 20.3 Å². The summed E-state index contributed by atoms with van der Waals surface area (Å²) in [5.74, 6) is -11.5. The van der Waals surface area contributed by atoms with Gasteiger partial charge in [0.25, 0.3) is 0 Å². The number of nitrogens with one attached hydrogen (secondary N) is 3. The van der Waals surface area contributed by atoms with E-state index in [-0.39, 0.29) is 35.2 Å². The van der Waals surface area contributed by atoms with Gasteiger partial charge in [-0.25, -0.2) is 28.8 Å². The van der Waals surface area contributed by atoms with Gasteiger partial charge in [0.15, 0.2) is 0 Å². The van der Waals surface area contributed by atoms with Crippen LogP contribution in [0.4, 0.5) is 5.82 Å². The highest BCUT2D eigenvalue weighted by atomic mass is 16.4. The number of aromatic carboxylic acids is 6. The Morgan fingerprint density at radius 2 is 0.961 bits per heavy atom. The second-order valence-corrected chi connectivity index (χ2v) is 10.4. The van der Waals surface area contributed by atoms with Crippen molar-refractivity contribution in [1.29, 1.82) is 0 Å². The topological polar surface area (TPSA) is 401 Å². The van der Waals surface area contributed by atoms with Gasteiger partial charge in [-0.15, -0.1) is 0 Å². The number of nitrogens with two attached hydrogens (primary N) is 1. The Morgan fingerprint density at radius 3 is 1.20 bits per heavy atom. The van der Waals surface area contributed by atoms with Crippen molar-refractivity contribution >= 4 is 53.6 Å². The predicted octanol–water partition coefficient (Wildman–Crippen LogP) is 0.955. The minimum absolute atomic E-state index is 0.162. The third-order valence-electron chi connectivity index (χ3n) is 6.88. The molecular formula is C29H33N5O17. The molecule has 3 aromatic rings. The molecule has 1 aliphatic heterocycles. The van der Waals surface area contributed by atoms with Crippen LogP contribution in [0.3, 0.4) is 0 Å². The second-order valence-electron chi connectivity index (χ2n) is 10.4. The number of pyridine rings is 1. The van der Waals surface area contributed by atoms with E-state index in [1.54, 1.807) is 0 Å². The Morgan fingerprint density at radius 1 is 0.608 bits per heavy atom. The summed E-state index contributed by atoms with van der Waals surface area (Å²) >= 11 is 0. The highest BCUT2D eigenvalue weighted by molar-refractivity contribution is 6.04. The molecule has 1 aliphatic rings. The molecular weight excluding hydrogens is 690 g/mol. The molecule has 1 fully saturated rings. The number of aromatic amines is 2. The van der Waals surface area contributed by atoms with Crippen LogP contribution < -0.4 is 11.1 Å². The number of nitrogens with zero attached hydrogens (tertiary/aromatic N) is 1. The molecule has 0 aliphatic carbocycles. The van der Waals surface area contributed by atoms with E-state index in [9.17, 15) is 38.4 Å². The SMILES string of the molecule is Cc1[nH]c(C)c(C(=O)O)c1C(=O)O.Cc1[nH]c(C)c(C(=O)O)c1C(=O)O.Nc1nc(O)c(C(=O)O)cc1C(=O)O.O=C(O)C1CNC(C(=O)O)C1. The second kappa shape index (κ2) is 17.4. The normalized spacial score (nSPS) is 14.3. The number of hydrogen-bond donors (Lipinski definition) is 13. The third kappa shape index (κ3) is 10.8. The highest BCUT2D eigenvalue weighted by Gasteiger charge is 2.33. The molecule has 2 unspecified atom stereocenters. The molecule has 0 aromatic carbocycles. The summed E-state index contributed by atoms with van der Waals surface area (Å²) in [4.78, 5) is 92.9. The number of rotatable bonds is 8. The van der Waals surface area contributed by atoms with E-state index in [0.717, 1.165) is 6.07 Å². The number of aromatic hydroxyl groups is 1. The Bertz CT molecular complexity index is 1690. The number of aryl methyl sites for hydroxylation is 4. The molecule has 276 valence electrons. The smallest absolute Gasteiger partial charge is 0.341 e. The maximum absolute atomic E-state index is 10.7. The number of nitrogen functional groups attached to an aromatic ring is 1. The maximum Gasteiger partial charge on any atom is 0.341 e. The monoisotopic (exact) mass is 723 g/mol. The summed E-state index contributed by atoms with van der Waals surface area (Å²) in [6.07, 6.45) is 0.185. The lowest BCUT2D eigenvalue weighted by Gasteiger charge is -2.03. The number of hydrogen-bond acceptors (Lipinski definition) is 12. The summed E-state index contributed by atoms with van der Waals surface area (Å²) in [7, 11) is 0. The quantitative estimate of drug-likeness (QED) is 0.154. The molecule has 4 heterocycles. The number of anilines is 1. The molecule has 14 N–H and O–H groups in total. The van der Waals surface area contributed by atoms with Gasteiger partial charge >= 0.3 is 47.8 Å². The summed E-state index contributed by atoms with van der Waals surface area (Å²) in [6.45, 7) is 6.38. The van der Waals surface area contributed by atoms with Crippen molar-refractivity contribution in [3.8, 4) is 5.88 Å². The third-order valence-corrected chi connectivity index (χ3v) is 6.88. The van der Waals surface area contributed by atoms with Crippen LogP contribution in [0.2, 0.25) is 0 Å². The van der Waals surface area contributed by atoms with E-state index in [1.807, 2.05) is 0 Å². The zero-order valence-electron chi connectivity index (χ0n) is 27.0. The van der Waals surface area contributed by atoms with Gasteiger partial charge in [0.2, 0.25) is 5.88 Å². The van der Waals surface area contributed by atoms with Crippen LogP contribution in [0.25, 0.3) is 0 Å². The Labute approximate surface area is 284 Å². The van der Waals surface area contributed by atoms with Crippen LogP contribution in [0.15, 0.2) is 6.07 Å². The first kappa shape index (κ1) is 42.1. The molecule has 2 atom stereocenters. The predicted molar refractivity (Wildman–Crippen MR) is 168 cm³/mol. The van der Waals surface area contributed by atoms with Crippen molar-refractivity contribution < 1.29 is 84.3 Å². The molecule has 3 aromatic heterocycles. The van der Waals surface area contributed by atoms with E-state index < -0.39 is 82.5 Å². The molecule has 0 amide bonds. The van der Waals surface area contributed by atoms with Gasteiger partial charge in [-0.05, 0) is 40.2 Å². The summed E-state index contributed by atoms with van der Waals surface area (Å²) in [6, 6.07) is 0.0681. The lowest BCUT2D eigenvalue weighted by atomic mass is 10.1. The summed E-state index contributed by atoms with van der Waals surface area (Å²) in [5.41, 5.74) is 4.89. The summed E-state index contributed by atoms with van der Waals surface area (Å²) < 4.78 is 0. The molecule has 0 radical (unpaired) electrons. The van der Waals surface area contributed by atoms with E-state index >= 15 is 0 Å². The standard InChI is InChI=1S/2C8H9NO4.C7H6N2O5.C6H9NO4/c2*1-3-5(7(10)11)6(8(12)13)4(2)9-3;8-4-2(6(11)12)1-3(7(13)14)5(10)9-4;8-5(9)3-1-4(6(10)11)7-2-3/h2*9H,1-2H3,(H,10,11)(H,12,13);1H,(H,11,12)(H,13,14)(H3,8,9,10);3-4,7H,1-2H2,(H,8,9)(H,10,11). The fourth-order valence-electron chi connectivity index (χ4n) is 4.59. The molecule has 0 saturated carbocycles. The number of H-pyrrole nitrogens is 2. The zero-order valence-corrected chi connectivity index (χ0v) is 27.0. The van der Waals surface area contributed by atoms with Crippen LogP contribution in [0.5, 0.6) is 5.88 Å². The maximum atomic E-state index is 10.7. The molecule has 22 nitrogen and oxygen atoms in total. The van der Waals surface area contributed by atoms with Crippen molar-refractivity contribution in [1.82, 2.24) is 20.3 Å². The fraction of sp³-hybridized carbons (Fsp3) is 0.276. The van der Waals surface area contributed by atoms with Gasteiger partial charge < -0.3 is 67.0 Å². The van der Waals surface area contributed by atoms with Gasteiger partial charge in [0, 0.05) is 29.3 Å². The number of aromatic nitrogens is 3. The van der Waals surface area contributed by atoms with Gasteiger partial charge in [-0.3, -0.25) is 9.59 Å². The van der Waals surface area contributed by atoms with Gasteiger partial charge in [-0.2, -0.15) is 4.98 Å². The Hall–Kier alpha value is -6.97. The molecule has 1 saturated heterocycles. The molecule has 51 heavy (non-hydrogen) atoms. The minimum Gasteiger partial charge on any atom is -0.493 e.